The Morgan fingerprint density at radius 1 is 1.47 bits per heavy atom. The van der Waals surface area contributed by atoms with Crippen molar-refractivity contribution < 1.29 is 14.6 Å². The van der Waals surface area contributed by atoms with E-state index >= 15 is 0 Å². The van der Waals surface area contributed by atoms with Gasteiger partial charge in [0, 0.05) is 0 Å². The summed E-state index contributed by atoms with van der Waals surface area (Å²) in [4.78, 5) is 11.8. The van der Waals surface area contributed by atoms with E-state index < -0.39 is 11.0 Å². The van der Waals surface area contributed by atoms with E-state index in [9.17, 15) is 9.90 Å². The van der Waals surface area contributed by atoms with Crippen LogP contribution in [0.2, 0.25) is 0 Å². The van der Waals surface area contributed by atoms with E-state index in [2.05, 4.69) is 0 Å². The van der Waals surface area contributed by atoms with Crippen molar-refractivity contribution in [3.63, 3.8) is 0 Å². The summed E-state index contributed by atoms with van der Waals surface area (Å²) < 4.78 is 4.86. The second-order valence-corrected chi connectivity index (χ2v) is 5.94. The van der Waals surface area contributed by atoms with Gasteiger partial charge in [-0.2, -0.15) is 11.8 Å². The van der Waals surface area contributed by atoms with Gasteiger partial charge in [0.05, 0.1) is 18.1 Å². The first-order valence-corrected chi connectivity index (χ1v) is 6.61. The summed E-state index contributed by atoms with van der Waals surface area (Å²) in [5, 5.41) is 10.6. The summed E-state index contributed by atoms with van der Waals surface area (Å²) in [7, 11) is 1.41. The van der Waals surface area contributed by atoms with Crippen molar-refractivity contribution in [2.45, 2.75) is 31.8 Å². The Labute approximate surface area is 94.6 Å². The normalized spacial score (nSPS) is 38.5. The molecule has 1 N–H and O–H groups in total. The molecule has 1 heterocycles. The van der Waals surface area contributed by atoms with E-state index in [0.717, 1.165) is 30.8 Å². The van der Waals surface area contributed by atoms with E-state index in [1.54, 1.807) is 0 Å². The highest BCUT2D eigenvalue weighted by Gasteiger charge is 2.69. The molecule has 3 nitrogen and oxygen atoms in total. The number of esters is 1. The lowest BCUT2D eigenvalue weighted by Gasteiger charge is -2.38. The van der Waals surface area contributed by atoms with Gasteiger partial charge in [-0.1, -0.05) is 6.92 Å². The standard InChI is InChI=1S/C11H18O3S/c1-8-7-11(8,9(12)14-2)10(13)3-5-15-6-4-10/h8,13H,3-7H2,1-2H3. The minimum Gasteiger partial charge on any atom is -0.468 e. The summed E-state index contributed by atoms with van der Waals surface area (Å²) in [6, 6.07) is 0. The lowest BCUT2D eigenvalue weighted by Crippen LogP contribution is -2.48. The zero-order chi connectivity index (χ0) is 11.1. The molecule has 0 aromatic carbocycles. The maximum absolute atomic E-state index is 11.8. The average molecular weight is 230 g/mol. The zero-order valence-electron chi connectivity index (χ0n) is 9.28. The number of methoxy groups -OCH3 is 1. The molecule has 4 heteroatoms. The first-order valence-electron chi connectivity index (χ1n) is 5.45. The van der Waals surface area contributed by atoms with Crippen molar-refractivity contribution in [1.29, 1.82) is 0 Å². The van der Waals surface area contributed by atoms with Crippen molar-refractivity contribution >= 4 is 17.7 Å². The molecule has 15 heavy (non-hydrogen) atoms. The quantitative estimate of drug-likeness (QED) is 0.729. The first kappa shape index (κ1) is 11.3. The Morgan fingerprint density at radius 2 is 2.00 bits per heavy atom. The van der Waals surface area contributed by atoms with E-state index in [0.29, 0.717) is 0 Å². The van der Waals surface area contributed by atoms with Crippen LogP contribution >= 0.6 is 11.8 Å². The fourth-order valence-corrected chi connectivity index (χ4v) is 4.05. The topological polar surface area (TPSA) is 46.5 Å². The summed E-state index contributed by atoms with van der Waals surface area (Å²) in [5.41, 5.74) is -1.41. The van der Waals surface area contributed by atoms with Crippen LogP contribution in [0.3, 0.4) is 0 Å². The van der Waals surface area contributed by atoms with Gasteiger partial charge >= 0.3 is 5.97 Å². The smallest absolute Gasteiger partial charge is 0.315 e. The number of carbonyl (C=O) groups excluding carboxylic acids is 1. The molecule has 2 aliphatic rings. The number of hydrogen-bond acceptors (Lipinski definition) is 4. The van der Waals surface area contributed by atoms with Crippen LogP contribution in [0, 0.1) is 11.3 Å². The van der Waals surface area contributed by atoms with Crippen LogP contribution in [0.1, 0.15) is 26.2 Å². The number of aliphatic hydroxyl groups is 1. The van der Waals surface area contributed by atoms with Crippen molar-refractivity contribution in [2.24, 2.45) is 11.3 Å². The average Bonchev–Trinajstić information content (AvgIpc) is 2.92. The van der Waals surface area contributed by atoms with Crippen molar-refractivity contribution in [3.8, 4) is 0 Å². The largest absolute Gasteiger partial charge is 0.468 e. The Kier molecular flexibility index (Phi) is 2.75. The monoisotopic (exact) mass is 230 g/mol. The van der Waals surface area contributed by atoms with Crippen LogP contribution in [0.25, 0.3) is 0 Å². The molecule has 1 saturated carbocycles. The van der Waals surface area contributed by atoms with Gasteiger partial charge in [-0.15, -0.1) is 0 Å². The van der Waals surface area contributed by atoms with Crippen LogP contribution < -0.4 is 0 Å². The van der Waals surface area contributed by atoms with Crippen molar-refractivity contribution in [2.75, 3.05) is 18.6 Å². The van der Waals surface area contributed by atoms with E-state index in [1.807, 2.05) is 18.7 Å². The lowest BCUT2D eigenvalue weighted by atomic mass is 9.78. The van der Waals surface area contributed by atoms with Gasteiger partial charge in [0.25, 0.3) is 0 Å². The van der Waals surface area contributed by atoms with Gasteiger partial charge in [0.2, 0.25) is 0 Å². The Morgan fingerprint density at radius 3 is 2.40 bits per heavy atom. The van der Waals surface area contributed by atoms with Crippen LogP contribution in [0.5, 0.6) is 0 Å². The van der Waals surface area contributed by atoms with Gasteiger partial charge in [-0.3, -0.25) is 4.79 Å². The second-order valence-electron chi connectivity index (χ2n) is 4.71. The fraction of sp³-hybridized carbons (Fsp3) is 0.909. The predicted molar refractivity (Wildman–Crippen MR) is 59.7 cm³/mol. The SMILES string of the molecule is COC(=O)C1(C2(O)CCSCC2)CC1C. The molecule has 2 unspecified atom stereocenters. The van der Waals surface area contributed by atoms with Gasteiger partial charge in [0.15, 0.2) is 0 Å². The van der Waals surface area contributed by atoms with Crippen LogP contribution in [0.4, 0.5) is 0 Å². The number of hydrogen-bond donors (Lipinski definition) is 1. The second kappa shape index (κ2) is 3.67. The van der Waals surface area contributed by atoms with Crippen molar-refractivity contribution in [3.05, 3.63) is 0 Å². The minimum absolute atomic E-state index is 0.218. The highest BCUT2D eigenvalue weighted by molar-refractivity contribution is 7.99. The van der Waals surface area contributed by atoms with Crippen LogP contribution in [0.15, 0.2) is 0 Å². The molecule has 2 rings (SSSR count). The molecule has 0 spiro atoms. The highest BCUT2D eigenvalue weighted by atomic mass is 32.2. The third-order valence-corrected chi connectivity index (χ3v) is 4.99. The first-order chi connectivity index (χ1) is 7.07. The molecule has 1 aliphatic carbocycles. The maximum Gasteiger partial charge on any atom is 0.315 e. The number of thioether (sulfide) groups is 1. The zero-order valence-corrected chi connectivity index (χ0v) is 10.1. The van der Waals surface area contributed by atoms with Gasteiger partial charge < -0.3 is 9.84 Å². The van der Waals surface area contributed by atoms with E-state index in [1.165, 1.54) is 7.11 Å². The molecule has 1 aliphatic heterocycles. The Balaban J connectivity index is 2.22. The maximum atomic E-state index is 11.8. The third-order valence-electron chi connectivity index (χ3n) is 4.01. The summed E-state index contributed by atoms with van der Waals surface area (Å²) >= 11 is 1.85. The predicted octanol–water partition coefficient (Wildman–Crippen LogP) is 1.44. The molecular weight excluding hydrogens is 212 g/mol. The molecule has 86 valence electrons. The molecule has 2 fully saturated rings. The molecule has 0 aromatic heterocycles. The molecule has 0 aromatic rings. The van der Waals surface area contributed by atoms with E-state index in [4.69, 9.17) is 4.74 Å². The third kappa shape index (κ3) is 1.49. The van der Waals surface area contributed by atoms with Gasteiger partial charge in [-0.25, -0.2) is 0 Å². The van der Waals surface area contributed by atoms with E-state index in [-0.39, 0.29) is 11.9 Å². The number of ether oxygens (including phenoxy) is 1. The van der Waals surface area contributed by atoms with Crippen LogP contribution in [-0.4, -0.2) is 35.3 Å². The molecular formula is C11H18O3S. The molecule has 1 saturated heterocycles. The molecule has 0 bridgehead atoms. The summed E-state index contributed by atoms with van der Waals surface area (Å²) in [6.45, 7) is 2.02. The van der Waals surface area contributed by atoms with Gasteiger partial charge in [-0.05, 0) is 36.7 Å². The summed E-state index contributed by atoms with van der Waals surface area (Å²) in [6.07, 6.45) is 2.22. The molecule has 2 atom stereocenters. The Hall–Kier alpha value is -0.220. The molecule has 0 radical (unpaired) electrons. The lowest BCUT2D eigenvalue weighted by molar-refractivity contribution is -0.162. The van der Waals surface area contributed by atoms with Crippen LogP contribution in [-0.2, 0) is 9.53 Å². The number of rotatable bonds is 2. The van der Waals surface area contributed by atoms with Crippen molar-refractivity contribution in [1.82, 2.24) is 0 Å². The molecule has 0 amide bonds. The summed E-state index contributed by atoms with van der Waals surface area (Å²) in [5.74, 6) is 1.94. The highest BCUT2D eigenvalue weighted by Crippen LogP contribution is 2.63. The Bertz CT molecular complexity index is 273. The minimum atomic E-state index is -0.815. The number of carbonyl (C=O) groups is 1. The van der Waals surface area contributed by atoms with Gasteiger partial charge in [0.1, 0.15) is 0 Å². The fourth-order valence-electron chi connectivity index (χ4n) is 2.88.